The van der Waals surface area contributed by atoms with Crippen molar-refractivity contribution in [2.45, 2.75) is 18.9 Å². The van der Waals surface area contributed by atoms with Crippen molar-refractivity contribution in [2.75, 3.05) is 24.5 Å². The second-order valence-electron chi connectivity index (χ2n) is 7.76. The van der Waals surface area contributed by atoms with Crippen molar-refractivity contribution in [1.29, 1.82) is 0 Å². The summed E-state index contributed by atoms with van der Waals surface area (Å²) in [4.78, 5) is 43.0. The van der Waals surface area contributed by atoms with Crippen molar-refractivity contribution in [3.63, 3.8) is 0 Å². The van der Waals surface area contributed by atoms with Gasteiger partial charge in [-0.05, 0) is 43.2 Å². The van der Waals surface area contributed by atoms with E-state index in [0.717, 1.165) is 5.52 Å². The van der Waals surface area contributed by atoms with Crippen LogP contribution in [-0.2, 0) is 4.79 Å². The monoisotopic (exact) mass is 402 g/mol. The highest BCUT2D eigenvalue weighted by Crippen LogP contribution is 2.27. The van der Waals surface area contributed by atoms with E-state index in [1.54, 1.807) is 17.0 Å². The Morgan fingerprint density at radius 2 is 1.67 bits per heavy atom. The molecule has 0 unspecified atom stereocenters. The zero-order chi connectivity index (χ0) is 20.7. The van der Waals surface area contributed by atoms with Gasteiger partial charge in [-0.15, -0.1) is 0 Å². The van der Waals surface area contributed by atoms with E-state index in [1.807, 2.05) is 64.2 Å². The average molecular weight is 402 g/mol. The third-order valence-electron chi connectivity index (χ3n) is 5.95. The third-order valence-corrected chi connectivity index (χ3v) is 5.95. The van der Waals surface area contributed by atoms with Gasteiger partial charge in [0.25, 0.3) is 11.8 Å². The number of aromatic nitrogens is 1. The normalized spacial score (nSPS) is 17.9. The Balaban J connectivity index is 1.25. The molecule has 2 saturated heterocycles. The van der Waals surface area contributed by atoms with Gasteiger partial charge < -0.3 is 14.2 Å². The number of anilines is 1. The summed E-state index contributed by atoms with van der Waals surface area (Å²) < 4.78 is 1.94. The maximum atomic E-state index is 12.9. The molecule has 0 saturated carbocycles. The van der Waals surface area contributed by atoms with Crippen LogP contribution in [0.25, 0.3) is 5.52 Å². The maximum absolute atomic E-state index is 12.9. The van der Waals surface area contributed by atoms with E-state index in [4.69, 9.17) is 0 Å². The van der Waals surface area contributed by atoms with E-state index in [9.17, 15) is 14.4 Å². The number of pyridine rings is 1. The summed E-state index contributed by atoms with van der Waals surface area (Å²) in [6.45, 7) is 1.23. The number of hydrogen-bond donors (Lipinski definition) is 0. The molecule has 2 aliphatic heterocycles. The maximum Gasteiger partial charge on any atom is 0.332 e. The van der Waals surface area contributed by atoms with Gasteiger partial charge in [0.1, 0.15) is 6.54 Å². The van der Waals surface area contributed by atoms with Crippen LogP contribution in [-0.4, -0.2) is 57.7 Å². The van der Waals surface area contributed by atoms with Gasteiger partial charge in [-0.2, -0.15) is 0 Å². The summed E-state index contributed by atoms with van der Waals surface area (Å²) in [5, 5.41) is 0. The molecular weight excluding hydrogens is 380 g/mol. The molecule has 0 spiro atoms. The van der Waals surface area contributed by atoms with Gasteiger partial charge in [0.05, 0.1) is 11.3 Å². The Labute approximate surface area is 174 Å². The lowest BCUT2D eigenvalue weighted by molar-refractivity contribution is -0.116. The molecule has 30 heavy (non-hydrogen) atoms. The number of hydrogen-bond acceptors (Lipinski definition) is 3. The largest absolute Gasteiger partial charge is 0.338 e. The van der Waals surface area contributed by atoms with E-state index < -0.39 is 0 Å². The number of fused-ring (bicyclic) bond motifs is 1. The number of imide groups is 1. The molecule has 0 N–H and O–H groups in total. The summed E-state index contributed by atoms with van der Waals surface area (Å²) in [6.07, 6.45) is 5.11. The van der Waals surface area contributed by atoms with Crippen LogP contribution in [0.1, 0.15) is 23.2 Å². The molecule has 5 rings (SSSR count). The van der Waals surface area contributed by atoms with Gasteiger partial charge in [-0.3, -0.25) is 9.59 Å². The number of carbonyl (C=O) groups is 3. The molecule has 4 amide bonds. The number of piperidine rings is 1. The minimum absolute atomic E-state index is 0.00638. The van der Waals surface area contributed by atoms with Gasteiger partial charge in [0, 0.05) is 37.0 Å². The Morgan fingerprint density at radius 1 is 0.933 bits per heavy atom. The van der Waals surface area contributed by atoms with Crippen LogP contribution >= 0.6 is 0 Å². The number of rotatable bonds is 3. The van der Waals surface area contributed by atoms with Crippen LogP contribution < -0.4 is 4.90 Å². The zero-order valence-corrected chi connectivity index (χ0v) is 16.5. The van der Waals surface area contributed by atoms with Gasteiger partial charge in [-0.1, -0.05) is 24.3 Å². The van der Waals surface area contributed by atoms with Gasteiger partial charge >= 0.3 is 6.03 Å². The second kappa shape index (κ2) is 7.33. The van der Waals surface area contributed by atoms with E-state index >= 15 is 0 Å². The molecule has 7 heteroatoms. The Kier molecular flexibility index (Phi) is 4.50. The zero-order valence-electron chi connectivity index (χ0n) is 16.5. The van der Waals surface area contributed by atoms with Crippen LogP contribution in [0.15, 0.2) is 67.0 Å². The smallest absolute Gasteiger partial charge is 0.332 e. The first kappa shape index (κ1) is 18.4. The highest BCUT2D eigenvalue weighted by Gasteiger charge is 2.41. The Morgan fingerprint density at radius 3 is 2.40 bits per heavy atom. The topological polar surface area (TPSA) is 65.3 Å². The lowest BCUT2D eigenvalue weighted by Gasteiger charge is -2.36. The third kappa shape index (κ3) is 3.12. The molecule has 4 heterocycles. The fourth-order valence-electron chi connectivity index (χ4n) is 4.37. The van der Waals surface area contributed by atoms with Crippen molar-refractivity contribution in [1.82, 2.24) is 14.2 Å². The number of likely N-dealkylation sites (tertiary alicyclic amines) is 1. The van der Waals surface area contributed by atoms with Crippen LogP contribution in [0.2, 0.25) is 0 Å². The molecule has 152 valence electrons. The molecule has 1 aromatic carbocycles. The van der Waals surface area contributed by atoms with Crippen molar-refractivity contribution in [2.24, 2.45) is 0 Å². The van der Waals surface area contributed by atoms with Crippen molar-refractivity contribution >= 4 is 29.0 Å². The summed E-state index contributed by atoms with van der Waals surface area (Å²) in [5.41, 5.74) is 2.25. The molecule has 2 aliphatic rings. The highest BCUT2D eigenvalue weighted by molar-refractivity contribution is 6.19. The first-order valence-corrected chi connectivity index (χ1v) is 10.2. The summed E-state index contributed by atoms with van der Waals surface area (Å²) >= 11 is 0. The number of amides is 4. The molecule has 2 fully saturated rings. The van der Waals surface area contributed by atoms with Gasteiger partial charge in [0.2, 0.25) is 0 Å². The molecule has 0 aliphatic carbocycles. The number of carbonyl (C=O) groups excluding carboxylic acids is 3. The van der Waals surface area contributed by atoms with E-state index in [2.05, 4.69) is 0 Å². The first-order chi connectivity index (χ1) is 14.6. The summed E-state index contributed by atoms with van der Waals surface area (Å²) in [6, 6.07) is 16.5. The lowest BCUT2D eigenvalue weighted by atomic mass is 10.0. The van der Waals surface area contributed by atoms with Crippen molar-refractivity contribution in [3.8, 4) is 0 Å². The van der Waals surface area contributed by atoms with Crippen LogP contribution in [0.4, 0.5) is 10.5 Å². The fraction of sp³-hybridized carbons (Fsp3) is 0.261. The SMILES string of the molecule is O=C(c1cc2ccccn2c1)N1CCC(N2CC(=O)N(c3ccccc3)C2=O)CC1. The van der Waals surface area contributed by atoms with Gasteiger partial charge in [0.15, 0.2) is 0 Å². The molecule has 0 radical (unpaired) electrons. The van der Waals surface area contributed by atoms with Crippen molar-refractivity contribution in [3.05, 3.63) is 72.6 Å². The summed E-state index contributed by atoms with van der Waals surface area (Å²) in [7, 11) is 0. The van der Waals surface area contributed by atoms with Crippen LogP contribution in [0, 0.1) is 0 Å². The average Bonchev–Trinajstić information content (AvgIpc) is 3.34. The minimum Gasteiger partial charge on any atom is -0.338 e. The standard InChI is InChI=1S/C23H22N4O3/c28-21-16-26(23(30)27(21)19-6-2-1-3-7-19)18-9-12-24(13-10-18)22(29)17-14-20-8-4-5-11-25(20)15-17/h1-8,11,14-15,18H,9-10,12-13,16H2. The predicted molar refractivity (Wildman–Crippen MR) is 112 cm³/mol. The van der Waals surface area contributed by atoms with Crippen LogP contribution in [0.5, 0.6) is 0 Å². The quantitative estimate of drug-likeness (QED) is 0.633. The van der Waals surface area contributed by atoms with E-state index in [-0.39, 0.29) is 30.4 Å². The van der Waals surface area contributed by atoms with Crippen molar-refractivity contribution < 1.29 is 14.4 Å². The molecule has 7 nitrogen and oxygen atoms in total. The molecular formula is C23H22N4O3. The Bertz CT molecular complexity index is 1080. The predicted octanol–water partition coefficient (Wildman–Crippen LogP) is 3.01. The minimum atomic E-state index is -0.269. The van der Waals surface area contributed by atoms with Crippen LogP contribution in [0.3, 0.4) is 0 Å². The highest BCUT2D eigenvalue weighted by atomic mass is 16.2. The number of nitrogens with zero attached hydrogens (tertiary/aromatic N) is 4. The number of urea groups is 1. The molecule has 0 atom stereocenters. The lowest BCUT2D eigenvalue weighted by Crippen LogP contribution is -2.48. The second-order valence-corrected chi connectivity index (χ2v) is 7.76. The van der Waals surface area contributed by atoms with Gasteiger partial charge in [-0.25, -0.2) is 9.69 Å². The first-order valence-electron chi connectivity index (χ1n) is 10.2. The molecule has 3 aromatic rings. The number of benzene rings is 1. The van der Waals surface area contributed by atoms with E-state index in [1.165, 1.54) is 4.90 Å². The molecule has 2 aromatic heterocycles. The van der Waals surface area contributed by atoms with E-state index in [0.29, 0.717) is 37.2 Å². The Hall–Kier alpha value is -3.61. The molecule has 0 bridgehead atoms. The summed E-state index contributed by atoms with van der Waals surface area (Å²) in [5.74, 6) is -0.197. The number of para-hydroxylation sites is 1. The fourth-order valence-corrected chi connectivity index (χ4v) is 4.37.